The zero-order chi connectivity index (χ0) is 15.2. The molecule has 116 valence electrons. The van der Waals surface area contributed by atoms with Gasteiger partial charge in [-0.1, -0.05) is 12.1 Å². The predicted molar refractivity (Wildman–Crippen MR) is 80.6 cm³/mol. The maximum Gasteiger partial charge on any atom is 0.331 e. The van der Waals surface area contributed by atoms with Crippen LogP contribution in [0.1, 0.15) is 26.7 Å². The summed E-state index contributed by atoms with van der Waals surface area (Å²) in [5.74, 6) is 0.403. The summed E-state index contributed by atoms with van der Waals surface area (Å²) in [5.41, 5.74) is 0.765. The van der Waals surface area contributed by atoms with Gasteiger partial charge in [0.15, 0.2) is 6.04 Å². The molecule has 1 aliphatic heterocycles. The SMILES string of the molecule is CCOC(=O)C(Nc1ccccc1OC)C1CCC(C)O1. The molecule has 0 aromatic heterocycles. The van der Waals surface area contributed by atoms with Crippen LogP contribution in [0, 0.1) is 0 Å². The van der Waals surface area contributed by atoms with Crippen molar-refractivity contribution in [3.8, 4) is 5.75 Å². The van der Waals surface area contributed by atoms with Crippen LogP contribution in [-0.4, -0.2) is 37.9 Å². The highest BCUT2D eigenvalue weighted by molar-refractivity contribution is 5.81. The number of benzene rings is 1. The molecule has 5 nitrogen and oxygen atoms in total. The number of rotatable bonds is 6. The Balaban J connectivity index is 2.17. The van der Waals surface area contributed by atoms with Crippen molar-refractivity contribution in [2.45, 2.75) is 44.9 Å². The topological polar surface area (TPSA) is 56.8 Å². The van der Waals surface area contributed by atoms with E-state index in [1.54, 1.807) is 14.0 Å². The third-order valence-electron chi connectivity index (χ3n) is 3.60. The molecule has 3 atom stereocenters. The van der Waals surface area contributed by atoms with Crippen molar-refractivity contribution in [3.05, 3.63) is 24.3 Å². The van der Waals surface area contributed by atoms with Gasteiger partial charge in [-0.3, -0.25) is 0 Å². The maximum atomic E-state index is 12.2. The van der Waals surface area contributed by atoms with Crippen LogP contribution in [0.4, 0.5) is 5.69 Å². The van der Waals surface area contributed by atoms with E-state index in [1.807, 2.05) is 31.2 Å². The second-order valence-electron chi connectivity index (χ2n) is 5.14. The van der Waals surface area contributed by atoms with E-state index in [0.29, 0.717) is 12.4 Å². The fourth-order valence-electron chi connectivity index (χ4n) is 2.55. The number of carbonyl (C=O) groups excluding carboxylic acids is 1. The van der Waals surface area contributed by atoms with E-state index in [-0.39, 0.29) is 18.2 Å². The summed E-state index contributed by atoms with van der Waals surface area (Å²) >= 11 is 0. The van der Waals surface area contributed by atoms with Crippen molar-refractivity contribution in [2.75, 3.05) is 19.0 Å². The van der Waals surface area contributed by atoms with Crippen molar-refractivity contribution in [3.63, 3.8) is 0 Å². The molecular weight excluding hydrogens is 270 g/mol. The Hall–Kier alpha value is -1.75. The fraction of sp³-hybridized carbons (Fsp3) is 0.562. The molecule has 21 heavy (non-hydrogen) atoms. The molecule has 1 saturated heterocycles. The van der Waals surface area contributed by atoms with Crippen LogP contribution in [0.15, 0.2) is 24.3 Å². The van der Waals surface area contributed by atoms with E-state index in [9.17, 15) is 4.79 Å². The second kappa shape index (κ2) is 7.31. The van der Waals surface area contributed by atoms with E-state index >= 15 is 0 Å². The summed E-state index contributed by atoms with van der Waals surface area (Å²) in [4.78, 5) is 12.2. The number of ether oxygens (including phenoxy) is 3. The average molecular weight is 293 g/mol. The molecule has 2 rings (SSSR count). The summed E-state index contributed by atoms with van der Waals surface area (Å²) in [5, 5.41) is 3.22. The highest BCUT2D eigenvalue weighted by Crippen LogP contribution is 2.28. The maximum absolute atomic E-state index is 12.2. The lowest BCUT2D eigenvalue weighted by atomic mass is 10.1. The Morgan fingerprint density at radius 3 is 2.81 bits per heavy atom. The van der Waals surface area contributed by atoms with Crippen molar-refractivity contribution in [2.24, 2.45) is 0 Å². The minimum absolute atomic E-state index is 0.173. The molecule has 3 unspecified atom stereocenters. The Morgan fingerprint density at radius 1 is 1.43 bits per heavy atom. The van der Waals surface area contributed by atoms with Crippen LogP contribution < -0.4 is 10.1 Å². The third-order valence-corrected chi connectivity index (χ3v) is 3.60. The standard InChI is InChI=1S/C16H23NO4/c1-4-20-16(18)15(14-10-9-11(2)21-14)17-12-7-5-6-8-13(12)19-3/h5-8,11,14-15,17H,4,9-10H2,1-3H3. The summed E-state index contributed by atoms with van der Waals surface area (Å²) in [6.07, 6.45) is 1.79. The van der Waals surface area contributed by atoms with Crippen LogP contribution in [0.25, 0.3) is 0 Å². The normalized spacial score (nSPS) is 22.6. The van der Waals surface area contributed by atoms with Gasteiger partial charge in [-0.05, 0) is 38.8 Å². The van der Waals surface area contributed by atoms with Crippen LogP contribution in [-0.2, 0) is 14.3 Å². The Bertz CT molecular complexity index is 477. The van der Waals surface area contributed by atoms with Crippen LogP contribution >= 0.6 is 0 Å². The molecule has 1 aromatic carbocycles. The lowest BCUT2D eigenvalue weighted by Gasteiger charge is -2.24. The molecule has 1 fully saturated rings. The number of para-hydroxylation sites is 2. The number of nitrogens with one attached hydrogen (secondary N) is 1. The summed E-state index contributed by atoms with van der Waals surface area (Å²) in [6.45, 7) is 4.17. The Labute approximate surface area is 125 Å². The first-order valence-electron chi connectivity index (χ1n) is 7.37. The van der Waals surface area contributed by atoms with Crippen molar-refractivity contribution in [1.82, 2.24) is 0 Å². The zero-order valence-electron chi connectivity index (χ0n) is 12.8. The van der Waals surface area contributed by atoms with Gasteiger partial charge in [0.05, 0.1) is 31.6 Å². The van der Waals surface area contributed by atoms with Gasteiger partial charge in [0.2, 0.25) is 0 Å². The van der Waals surface area contributed by atoms with E-state index in [2.05, 4.69) is 5.32 Å². The molecule has 1 aliphatic rings. The minimum atomic E-state index is -0.522. The largest absolute Gasteiger partial charge is 0.495 e. The molecule has 0 radical (unpaired) electrons. The van der Waals surface area contributed by atoms with E-state index in [1.165, 1.54) is 0 Å². The minimum Gasteiger partial charge on any atom is -0.495 e. The lowest BCUT2D eigenvalue weighted by molar-refractivity contribution is -0.147. The molecule has 0 spiro atoms. The van der Waals surface area contributed by atoms with Crippen LogP contribution in [0.5, 0.6) is 5.75 Å². The van der Waals surface area contributed by atoms with Crippen molar-refractivity contribution < 1.29 is 19.0 Å². The van der Waals surface area contributed by atoms with Gasteiger partial charge in [-0.25, -0.2) is 4.79 Å². The van der Waals surface area contributed by atoms with E-state index in [4.69, 9.17) is 14.2 Å². The molecular formula is C16H23NO4. The number of esters is 1. The first-order valence-corrected chi connectivity index (χ1v) is 7.37. The van der Waals surface area contributed by atoms with Gasteiger partial charge >= 0.3 is 5.97 Å². The quantitative estimate of drug-likeness (QED) is 0.817. The van der Waals surface area contributed by atoms with Gasteiger partial charge in [-0.2, -0.15) is 0 Å². The van der Waals surface area contributed by atoms with Gasteiger partial charge in [0.25, 0.3) is 0 Å². The number of anilines is 1. The van der Waals surface area contributed by atoms with E-state index < -0.39 is 6.04 Å². The molecule has 0 bridgehead atoms. The first kappa shape index (κ1) is 15.6. The molecule has 1 N–H and O–H groups in total. The fourth-order valence-corrected chi connectivity index (χ4v) is 2.55. The monoisotopic (exact) mass is 293 g/mol. The van der Waals surface area contributed by atoms with Crippen molar-refractivity contribution in [1.29, 1.82) is 0 Å². The second-order valence-corrected chi connectivity index (χ2v) is 5.14. The van der Waals surface area contributed by atoms with Crippen LogP contribution in [0.3, 0.4) is 0 Å². The first-order chi connectivity index (χ1) is 10.2. The third kappa shape index (κ3) is 3.88. The van der Waals surface area contributed by atoms with Gasteiger partial charge in [0, 0.05) is 0 Å². The van der Waals surface area contributed by atoms with E-state index in [0.717, 1.165) is 18.5 Å². The van der Waals surface area contributed by atoms with Gasteiger partial charge in [-0.15, -0.1) is 0 Å². The molecule has 0 saturated carbocycles. The lowest BCUT2D eigenvalue weighted by Crippen LogP contribution is -2.42. The smallest absolute Gasteiger partial charge is 0.331 e. The Kier molecular flexibility index (Phi) is 5.44. The molecule has 5 heteroatoms. The summed E-state index contributed by atoms with van der Waals surface area (Å²) in [6, 6.07) is 6.99. The predicted octanol–water partition coefficient (Wildman–Crippen LogP) is 2.61. The average Bonchev–Trinajstić information content (AvgIpc) is 2.91. The summed E-state index contributed by atoms with van der Waals surface area (Å²) < 4.78 is 16.3. The highest BCUT2D eigenvalue weighted by atomic mass is 16.5. The van der Waals surface area contributed by atoms with Crippen molar-refractivity contribution >= 4 is 11.7 Å². The molecule has 0 aliphatic carbocycles. The highest BCUT2D eigenvalue weighted by Gasteiger charge is 2.35. The van der Waals surface area contributed by atoms with Gasteiger partial charge < -0.3 is 19.5 Å². The van der Waals surface area contributed by atoms with Gasteiger partial charge in [0.1, 0.15) is 5.75 Å². The number of hydrogen-bond acceptors (Lipinski definition) is 5. The molecule has 0 amide bonds. The molecule has 1 aromatic rings. The number of methoxy groups -OCH3 is 1. The van der Waals surface area contributed by atoms with Crippen LogP contribution in [0.2, 0.25) is 0 Å². The molecule has 1 heterocycles. The summed E-state index contributed by atoms with van der Waals surface area (Å²) in [7, 11) is 1.61. The Morgan fingerprint density at radius 2 is 2.19 bits per heavy atom. The zero-order valence-corrected chi connectivity index (χ0v) is 12.8. The number of hydrogen-bond donors (Lipinski definition) is 1. The number of carbonyl (C=O) groups is 1.